The Morgan fingerprint density at radius 1 is 1.28 bits per heavy atom. The molecule has 2 heterocycles. The maximum Gasteiger partial charge on any atom is 0.414 e. The van der Waals surface area contributed by atoms with Gasteiger partial charge in [-0.05, 0) is 17.9 Å². The molecule has 4 nitrogen and oxygen atoms in total. The number of hydrogen-bond acceptors (Lipinski definition) is 5. The average Bonchev–Trinajstić information content (AvgIpc) is 3.08. The van der Waals surface area contributed by atoms with Gasteiger partial charge in [0.05, 0.1) is 11.3 Å². The number of rotatable bonds is 5. The number of alkyl halides is 3. The SMILES string of the molecule is CC.CCSc1c(C(=O)NC2=C(NC)NCC(C(F)(F)F)=C2)sc2ccccc12. The molecule has 2 aromatic rings. The zero-order chi connectivity index (χ0) is 21.6. The van der Waals surface area contributed by atoms with Gasteiger partial charge in [-0.1, -0.05) is 39.0 Å². The van der Waals surface area contributed by atoms with Crippen LogP contribution in [0.4, 0.5) is 13.2 Å². The van der Waals surface area contributed by atoms with E-state index in [9.17, 15) is 18.0 Å². The second kappa shape index (κ2) is 10.1. The van der Waals surface area contributed by atoms with Crippen LogP contribution in [-0.2, 0) is 0 Å². The number of thioether (sulfide) groups is 1. The monoisotopic (exact) mass is 443 g/mol. The third-order valence-electron chi connectivity index (χ3n) is 3.95. The highest BCUT2D eigenvalue weighted by Crippen LogP contribution is 2.38. The van der Waals surface area contributed by atoms with Crippen LogP contribution in [0.5, 0.6) is 0 Å². The van der Waals surface area contributed by atoms with Gasteiger partial charge in [-0.15, -0.1) is 23.1 Å². The molecule has 0 saturated carbocycles. The molecule has 9 heteroatoms. The van der Waals surface area contributed by atoms with Gasteiger partial charge in [0.1, 0.15) is 10.7 Å². The van der Waals surface area contributed by atoms with Crippen molar-refractivity contribution in [2.75, 3.05) is 19.3 Å². The maximum absolute atomic E-state index is 13.0. The number of thiophene rings is 1. The van der Waals surface area contributed by atoms with Gasteiger partial charge in [0.25, 0.3) is 5.91 Å². The zero-order valence-electron chi connectivity index (χ0n) is 16.7. The number of carbonyl (C=O) groups excluding carboxylic acids is 1. The predicted octanol–water partition coefficient (Wildman–Crippen LogP) is 5.25. The molecule has 3 rings (SSSR count). The summed E-state index contributed by atoms with van der Waals surface area (Å²) in [5, 5.41) is 9.07. The summed E-state index contributed by atoms with van der Waals surface area (Å²) in [5.74, 6) is 0.712. The fraction of sp³-hybridized carbons (Fsp3) is 0.350. The van der Waals surface area contributed by atoms with Crippen molar-refractivity contribution in [3.05, 3.63) is 52.3 Å². The third kappa shape index (κ3) is 5.27. The molecule has 3 N–H and O–H groups in total. The van der Waals surface area contributed by atoms with Crippen molar-refractivity contribution in [1.29, 1.82) is 0 Å². The summed E-state index contributed by atoms with van der Waals surface area (Å²) in [6.07, 6.45) is -3.48. The third-order valence-corrected chi connectivity index (χ3v) is 6.25. The number of fused-ring (bicyclic) bond motifs is 1. The minimum atomic E-state index is -4.46. The van der Waals surface area contributed by atoms with Crippen LogP contribution in [0.3, 0.4) is 0 Å². The Morgan fingerprint density at radius 3 is 2.59 bits per heavy atom. The minimum absolute atomic E-state index is 0.0750. The number of halogens is 3. The summed E-state index contributed by atoms with van der Waals surface area (Å²) in [7, 11) is 1.58. The summed E-state index contributed by atoms with van der Waals surface area (Å²) in [4.78, 5) is 14.2. The molecule has 1 aliphatic rings. The standard InChI is InChI=1S/C18H18F3N3OS2.C2H6/c1-3-26-14-11-6-4-5-7-13(11)27-15(14)17(25)24-12-8-10(18(19,20)21)9-23-16(12)22-2;1-2/h4-8,22-23H,3,9H2,1-2H3,(H,24,25);1-2H3. The van der Waals surface area contributed by atoms with Crippen LogP contribution in [0.2, 0.25) is 0 Å². The number of nitrogens with one attached hydrogen (secondary N) is 3. The van der Waals surface area contributed by atoms with E-state index in [0.29, 0.717) is 10.7 Å². The van der Waals surface area contributed by atoms with E-state index in [2.05, 4.69) is 16.0 Å². The maximum atomic E-state index is 13.0. The van der Waals surface area contributed by atoms with Gasteiger partial charge >= 0.3 is 6.18 Å². The summed E-state index contributed by atoms with van der Waals surface area (Å²) >= 11 is 2.88. The summed E-state index contributed by atoms with van der Waals surface area (Å²) in [6.45, 7) is 5.64. The molecule has 1 aromatic carbocycles. The lowest BCUT2D eigenvalue weighted by molar-refractivity contribution is -0.0931. The van der Waals surface area contributed by atoms with Crippen LogP contribution < -0.4 is 16.0 Å². The first-order valence-electron chi connectivity index (χ1n) is 9.24. The van der Waals surface area contributed by atoms with E-state index in [-0.39, 0.29) is 12.2 Å². The molecule has 0 spiro atoms. The molecule has 1 aromatic heterocycles. The summed E-state index contributed by atoms with van der Waals surface area (Å²) in [6, 6.07) is 7.68. The first-order valence-corrected chi connectivity index (χ1v) is 11.0. The van der Waals surface area contributed by atoms with Gasteiger partial charge in [-0.2, -0.15) is 13.2 Å². The summed E-state index contributed by atoms with van der Waals surface area (Å²) in [5.41, 5.74) is -0.665. The first kappa shape index (κ1) is 23.2. The van der Waals surface area contributed by atoms with Crippen molar-refractivity contribution >= 4 is 39.1 Å². The molecule has 0 aliphatic carbocycles. The fourth-order valence-electron chi connectivity index (χ4n) is 2.72. The number of dihydropyridines is 1. The highest BCUT2D eigenvalue weighted by atomic mass is 32.2. The predicted molar refractivity (Wildman–Crippen MR) is 115 cm³/mol. The molecule has 0 radical (unpaired) electrons. The molecule has 0 unspecified atom stereocenters. The van der Waals surface area contributed by atoms with Gasteiger partial charge in [0, 0.05) is 28.6 Å². The van der Waals surface area contributed by atoms with Crippen LogP contribution >= 0.6 is 23.1 Å². The topological polar surface area (TPSA) is 53.2 Å². The van der Waals surface area contributed by atoms with E-state index in [1.54, 1.807) is 18.8 Å². The van der Waals surface area contributed by atoms with Gasteiger partial charge in [0.15, 0.2) is 0 Å². The minimum Gasteiger partial charge on any atom is -0.373 e. The average molecular weight is 444 g/mol. The Kier molecular flexibility index (Phi) is 8.04. The molecule has 0 atom stereocenters. The molecule has 29 heavy (non-hydrogen) atoms. The molecule has 158 valence electrons. The van der Waals surface area contributed by atoms with E-state index in [1.807, 2.05) is 45.0 Å². The molecular weight excluding hydrogens is 419 g/mol. The van der Waals surface area contributed by atoms with E-state index in [4.69, 9.17) is 0 Å². The van der Waals surface area contributed by atoms with Gasteiger partial charge in [0.2, 0.25) is 0 Å². The lowest BCUT2D eigenvalue weighted by atomic mass is 10.1. The number of allylic oxidation sites excluding steroid dienone is 1. The van der Waals surface area contributed by atoms with E-state index < -0.39 is 17.7 Å². The number of carbonyl (C=O) groups is 1. The van der Waals surface area contributed by atoms with E-state index in [1.165, 1.54) is 11.3 Å². The Hall–Kier alpha value is -2.13. The van der Waals surface area contributed by atoms with Crippen molar-refractivity contribution in [3.63, 3.8) is 0 Å². The van der Waals surface area contributed by atoms with Crippen LogP contribution in [0.25, 0.3) is 10.1 Å². The second-order valence-electron chi connectivity index (χ2n) is 5.70. The van der Waals surface area contributed by atoms with Gasteiger partial charge < -0.3 is 16.0 Å². The quantitative estimate of drug-likeness (QED) is 0.553. The highest BCUT2D eigenvalue weighted by Gasteiger charge is 2.35. The largest absolute Gasteiger partial charge is 0.414 e. The lowest BCUT2D eigenvalue weighted by Crippen LogP contribution is -2.38. The molecular formula is C20H24F3N3OS2. The first-order chi connectivity index (χ1) is 13.8. The van der Waals surface area contributed by atoms with Crippen molar-refractivity contribution in [1.82, 2.24) is 16.0 Å². The van der Waals surface area contributed by atoms with Crippen LogP contribution in [0.1, 0.15) is 30.4 Å². The highest BCUT2D eigenvalue weighted by molar-refractivity contribution is 7.99. The molecule has 0 saturated heterocycles. The number of benzene rings is 1. The van der Waals surface area contributed by atoms with Crippen molar-refractivity contribution in [2.24, 2.45) is 0 Å². The second-order valence-corrected chi connectivity index (χ2v) is 8.03. The Bertz CT molecular complexity index is 933. The van der Waals surface area contributed by atoms with Crippen LogP contribution in [0.15, 0.2) is 52.3 Å². The van der Waals surface area contributed by atoms with Gasteiger partial charge in [-0.25, -0.2) is 0 Å². The molecule has 0 bridgehead atoms. The summed E-state index contributed by atoms with van der Waals surface area (Å²) < 4.78 is 40.1. The van der Waals surface area contributed by atoms with Crippen molar-refractivity contribution in [3.8, 4) is 0 Å². The molecule has 1 aliphatic heterocycles. The molecule has 1 amide bonds. The Morgan fingerprint density at radius 2 is 1.97 bits per heavy atom. The van der Waals surface area contributed by atoms with E-state index >= 15 is 0 Å². The smallest absolute Gasteiger partial charge is 0.373 e. The normalized spacial score (nSPS) is 14.0. The van der Waals surface area contributed by atoms with Crippen molar-refractivity contribution in [2.45, 2.75) is 31.8 Å². The Balaban J connectivity index is 0.00000145. The van der Waals surface area contributed by atoms with Crippen molar-refractivity contribution < 1.29 is 18.0 Å². The molecule has 0 fully saturated rings. The number of amides is 1. The van der Waals surface area contributed by atoms with E-state index in [0.717, 1.165) is 26.8 Å². The van der Waals surface area contributed by atoms with Gasteiger partial charge in [-0.3, -0.25) is 4.79 Å². The number of hydrogen-bond donors (Lipinski definition) is 3. The lowest BCUT2D eigenvalue weighted by Gasteiger charge is -2.23. The zero-order valence-corrected chi connectivity index (χ0v) is 18.3. The fourth-order valence-corrected chi connectivity index (χ4v) is 4.92. The van der Waals surface area contributed by atoms with Crippen LogP contribution in [0, 0.1) is 0 Å². The Labute approximate surface area is 176 Å². The van der Waals surface area contributed by atoms with Crippen LogP contribution in [-0.4, -0.2) is 31.4 Å².